The lowest BCUT2D eigenvalue weighted by Crippen LogP contribution is -2.55. The Hall–Kier alpha value is -1.63. The Morgan fingerprint density at radius 2 is 2.00 bits per heavy atom. The van der Waals surface area contributed by atoms with Gasteiger partial charge in [-0.1, -0.05) is 20.3 Å². The average Bonchev–Trinajstić information content (AvgIpc) is 2.67. The smallest absolute Gasteiger partial charge is 0.321 e. The molecule has 2 aliphatic heterocycles. The van der Waals surface area contributed by atoms with Gasteiger partial charge in [0.2, 0.25) is 5.91 Å². The number of hydrazine groups is 1. The topological polar surface area (TPSA) is 81.8 Å². The normalized spacial score (nSPS) is 23.3. The molecule has 2 aliphatic rings. The molecule has 0 aliphatic carbocycles. The molecule has 0 aromatic heterocycles. The molecule has 2 saturated heterocycles. The molecule has 0 saturated carbocycles. The second kappa shape index (κ2) is 6.01. The van der Waals surface area contributed by atoms with Crippen molar-refractivity contribution < 1.29 is 14.4 Å². The molecule has 1 spiro atoms. The van der Waals surface area contributed by atoms with Crippen LogP contribution in [-0.4, -0.2) is 53.4 Å². The summed E-state index contributed by atoms with van der Waals surface area (Å²) in [5, 5.41) is 3.62. The summed E-state index contributed by atoms with van der Waals surface area (Å²) in [7, 11) is 1.99. The molecule has 0 aromatic carbocycles. The lowest BCUT2D eigenvalue weighted by molar-refractivity contribution is -0.141. The van der Waals surface area contributed by atoms with E-state index in [1.807, 2.05) is 14.0 Å². The van der Waals surface area contributed by atoms with Crippen molar-refractivity contribution >= 4 is 17.8 Å². The molecule has 2 N–H and O–H groups in total. The Kier molecular flexibility index (Phi) is 4.51. The van der Waals surface area contributed by atoms with Crippen LogP contribution in [0.1, 0.15) is 39.5 Å². The number of nitrogens with zero attached hydrogens (tertiary/aromatic N) is 2. The molecular formula is C14H24N4O3. The maximum atomic E-state index is 12.5. The van der Waals surface area contributed by atoms with E-state index < -0.39 is 11.6 Å². The zero-order chi connectivity index (χ0) is 15.6. The summed E-state index contributed by atoms with van der Waals surface area (Å²) in [6.07, 6.45) is 2.76. The number of urea groups is 1. The van der Waals surface area contributed by atoms with Crippen LogP contribution in [-0.2, 0) is 9.59 Å². The van der Waals surface area contributed by atoms with E-state index in [2.05, 4.69) is 15.6 Å². The van der Waals surface area contributed by atoms with Crippen molar-refractivity contribution in [3.05, 3.63) is 0 Å². The lowest BCUT2D eigenvalue weighted by Gasteiger charge is -2.35. The third kappa shape index (κ3) is 3.02. The molecule has 4 amide bonds. The number of carbonyl (C=O) groups excluding carboxylic acids is 3. The molecule has 2 fully saturated rings. The fourth-order valence-corrected chi connectivity index (χ4v) is 2.85. The molecule has 21 heavy (non-hydrogen) atoms. The summed E-state index contributed by atoms with van der Waals surface area (Å²) in [4.78, 5) is 38.7. The first-order valence-corrected chi connectivity index (χ1v) is 7.55. The van der Waals surface area contributed by atoms with Gasteiger partial charge in [0.25, 0.3) is 5.91 Å². The molecule has 0 radical (unpaired) electrons. The van der Waals surface area contributed by atoms with Crippen molar-refractivity contribution in [2.75, 3.05) is 20.1 Å². The summed E-state index contributed by atoms with van der Waals surface area (Å²) >= 11 is 0. The van der Waals surface area contributed by atoms with Crippen LogP contribution in [0.5, 0.6) is 0 Å². The Labute approximate surface area is 125 Å². The molecule has 7 nitrogen and oxygen atoms in total. The SMILES string of the molecule is CCCC(C)C(=O)NN1C(=O)NC2(CCN(C)CC2)C1=O. The molecule has 0 aromatic rings. The largest absolute Gasteiger partial charge is 0.344 e. The highest BCUT2D eigenvalue weighted by atomic mass is 16.2. The van der Waals surface area contributed by atoms with Gasteiger partial charge < -0.3 is 10.2 Å². The summed E-state index contributed by atoms with van der Waals surface area (Å²) in [6.45, 7) is 5.29. The molecule has 0 bridgehead atoms. The monoisotopic (exact) mass is 296 g/mol. The van der Waals surface area contributed by atoms with Crippen molar-refractivity contribution in [3.63, 3.8) is 0 Å². The maximum absolute atomic E-state index is 12.5. The number of rotatable bonds is 4. The van der Waals surface area contributed by atoms with Crippen LogP contribution in [0.4, 0.5) is 4.79 Å². The minimum Gasteiger partial charge on any atom is -0.321 e. The van der Waals surface area contributed by atoms with Gasteiger partial charge in [0.1, 0.15) is 5.54 Å². The quantitative estimate of drug-likeness (QED) is 0.739. The van der Waals surface area contributed by atoms with Crippen LogP contribution < -0.4 is 10.7 Å². The van der Waals surface area contributed by atoms with Crippen molar-refractivity contribution in [3.8, 4) is 0 Å². The highest BCUT2D eigenvalue weighted by Crippen LogP contribution is 2.28. The first kappa shape index (κ1) is 15.8. The molecule has 1 unspecified atom stereocenters. The summed E-state index contributed by atoms with van der Waals surface area (Å²) in [5.41, 5.74) is 1.62. The zero-order valence-corrected chi connectivity index (χ0v) is 12.9. The van der Waals surface area contributed by atoms with E-state index in [1.165, 1.54) is 0 Å². The maximum Gasteiger partial charge on any atom is 0.344 e. The van der Waals surface area contributed by atoms with Gasteiger partial charge in [0.15, 0.2) is 0 Å². The third-order valence-corrected chi connectivity index (χ3v) is 4.39. The van der Waals surface area contributed by atoms with Crippen LogP contribution in [0.2, 0.25) is 0 Å². The van der Waals surface area contributed by atoms with Gasteiger partial charge in [-0.3, -0.25) is 15.0 Å². The number of carbonyl (C=O) groups is 3. The summed E-state index contributed by atoms with van der Waals surface area (Å²) < 4.78 is 0. The first-order chi connectivity index (χ1) is 9.89. The Morgan fingerprint density at radius 3 is 2.57 bits per heavy atom. The average molecular weight is 296 g/mol. The number of imide groups is 1. The van der Waals surface area contributed by atoms with Gasteiger partial charge in [-0.15, -0.1) is 0 Å². The van der Waals surface area contributed by atoms with E-state index in [9.17, 15) is 14.4 Å². The molecule has 2 rings (SSSR count). The number of piperidine rings is 1. The second-order valence-electron chi connectivity index (χ2n) is 6.12. The minimum atomic E-state index is -0.842. The first-order valence-electron chi connectivity index (χ1n) is 7.55. The summed E-state index contributed by atoms with van der Waals surface area (Å²) in [5.74, 6) is -0.840. The predicted molar refractivity (Wildman–Crippen MR) is 77.1 cm³/mol. The van der Waals surface area contributed by atoms with Gasteiger partial charge >= 0.3 is 6.03 Å². The third-order valence-electron chi connectivity index (χ3n) is 4.39. The van der Waals surface area contributed by atoms with Gasteiger partial charge in [-0.2, -0.15) is 5.01 Å². The molecule has 118 valence electrons. The Bertz CT molecular complexity index is 444. The van der Waals surface area contributed by atoms with E-state index in [0.717, 1.165) is 30.9 Å². The fraction of sp³-hybridized carbons (Fsp3) is 0.786. The van der Waals surface area contributed by atoms with Crippen molar-refractivity contribution in [2.45, 2.75) is 45.1 Å². The van der Waals surface area contributed by atoms with Gasteiger partial charge in [0.05, 0.1) is 0 Å². The zero-order valence-electron chi connectivity index (χ0n) is 12.9. The molecule has 1 atom stereocenters. The summed E-state index contributed by atoms with van der Waals surface area (Å²) in [6, 6.07) is -0.526. The number of hydrogen-bond donors (Lipinski definition) is 2. The van der Waals surface area contributed by atoms with Crippen molar-refractivity contribution in [1.82, 2.24) is 20.7 Å². The molecule has 2 heterocycles. The highest BCUT2D eigenvalue weighted by molar-refractivity contribution is 6.08. The standard InChI is InChI=1S/C14H24N4O3/c1-4-5-10(2)11(19)16-18-12(20)14(15-13(18)21)6-8-17(3)9-7-14/h10H,4-9H2,1-3H3,(H,15,21)(H,16,19). The van der Waals surface area contributed by atoms with E-state index >= 15 is 0 Å². The van der Waals surface area contributed by atoms with E-state index in [1.54, 1.807) is 6.92 Å². The van der Waals surface area contributed by atoms with E-state index in [4.69, 9.17) is 0 Å². The Balaban J connectivity index is 2.03. The van der Waals surface area contributed by atoms with Crippen molar-refractivity contribution in [1.29, 1.82) is 0 Å². The van der Waals surface area contributed by atoms with Crippen molar-refractivity contribution in [2.24, 2.45) is 5.92 Å². The fourth-order valence-electron chi connectivity index (χ4n) is 2.85. The van der Waals surface area contributed by atoms with Gasteiger partial charge in [-0.25, -0.2) is 4.79 Å². The van der Waals surface area contributed by atoms with Crippen LogP contribution in [0.15, 0.2) is 0 Å². The minimum absolute atomic E-state index is 0.218. The van der Waals surface area contributed by atoms with Crippen LogP contribution >= 0.6 is 0 Å². The van der Waals surface area contributed by atoms with Crippen LogP contribution in [0, 0.1) is 5.92 Å². The molecule has 7 heteroatoms. The van der Waals surface area contributed by atoms with Crippen LogP contribution in [0.25, 0.3) is 0 Å². The number of amides is 4. The van der Waals surface area contributed by atoms with Crippen LogP contribution in [0.3, 0.4) is 0 Å². The predicted octanol–water partition coefficient (Wildman–Crippen LogP) is 0.470. The highest BCUT2D eigenvalue weighted by Gasteiger charge is 2.52. The second-order valence-corrected chi connectivity index (χ2v) is 6.12. The van der Waals surface area contributed by atoms with Gasteiger partial charge in [0, 0.05) is 19.0 Å². The Morgan fingerprint density at radius 1 is 1.38 bits per heavy atom. The lowest BCUT2D eigenvalue weighted by atomic mass is 9.88. The number of nitrogens with one attached hydrogen (secondary N) is 2. The van der Waals surface area contributed by atoms with E-state index in [0.29, 0.717) is 12.8 Å². The van der Waals surface area contributed by atoms with E-state index in [-0.39, 0.29) is 17.7 Å². The number of hydrogen-bond acceptors (Lipinski definition) is 4. The van der Waals surface area contributed by atoms with Gasteiger partial charge in [-0.05, 0) is 26.3 Å². The molecular weight excluding hydrogens is 272 g/mol. The number of likely N-dealkylation sites (tertiary alicyclic amines) is 1.